The van der Waals surface area contributed by atoms with Crippen LogP contribution in [0.4, 0.5) is 0 Å². The van der Waals surface area contributed by atoms with Crippen molar-refractivity contribution < 1.29 is 4.79 Å². The van der Waals surface area contributed by atoms with Crippen molar-refractivity contribution in [3.63, 3.8) is 0 Å². The summed E-state index contributed by atoms with van der Waals surface area (Å²) in [6, 6.07) is 9.16. The lowest BCUT2D eigenvalue weighted by Gasteiger charge is -2.37. The molecule has 1 atom stereocenters. The van der Waals surface area contributed by atoms with Gasteiger partial charge in [0.15, 0.2) is 0 Å². The van der Waals surface area contributed by atoms with E-state index in [1.54, 1.807) is 0 Å². The van der Waals surface area contributed by atoms with E-state index in [2.05, 4.69) is 46.3 Å². The number of carbonyl (C=O) groups excluding carboxylic acids is 1. The molecule has 1 aliphatic heterocycles. The molecule has 1 unspecified atom stereocenters. The zero-order valence-corrected chi connectivity index (χ0v) is 15.1. The third-order valence-electron chi connectivity index (χ3n) is 5.44. The molecule has 0 aromatic heterocycles. The van der Waals surface area contributed by atoms with E-state index in [1.165, 1.54) is 17.5 Å². The molecule has 3 rings (SSSR count). The summed E-state index contributed by atoms with van der Waals surface area (Å²) in [5.74, 6) is 0.213. The van der Waals surface area contributed by atoms with E-state index in [1.807, 2.05) is 6.92 Å². The number of piperazine rings is 1. The van der Waals surface area contributed by atoms with E-state index in [-0.39, 0.29) is 11.9 Å². The van der Waals surface area contributed by atoms with Crippen molar-refractivity contribution in [2.75, 3.05) is 32.7 Å². The van der Waals surface area contributed by atoms with Gasteiger partial charge in [0, 0.05) is 32.2 Å². The summed E-state index contributed by atoms with van der Waals surface area (Å²) in [5, 5.41) is 3.13. The van der Waals surface area contributed by atoms with E-state index in [0.29, 0.717) is 6.04 Å². The molecule has 1 N–H and O–H groups in total. The Bertz CT molecular complexity index is 548. The van der Waals surface area contributed by atoms with E-state index in [9.17, 15) is 4.79 Å². The highest BCUT2D eigenvalue weighted by molar-refractivity contribution is 5.81. The third kappa shape index (κ3) is 4.81. The number of nitrogens with one attached hydrogen (secondary N) is 1. The molecule has 1 saturated carbocycles. The average molecular weight is 329 g/mol. The third-order valence-corrected chi connectivity index (χ3v) is 5.44. The standard InChI is InChI=1S/C20H31N3O/c1-16-6-3-4-7-18(16)8-5-11-22-12-14-23(15-13-22)17(2)20(24)21-19-9-10-19/h3-4,6-7,17,19H,5,8-15H2,1-2H3,(H,21,24). The number of carbonyl (C=O) groups is 1. The minimum Gasteiger partial charge on any atom is -0.352 e. The minimum absolute atomic E-state index is 0.0136. The SMILES string of the molecule is Cc1ccccc1CCCN1CCN(C(C)C(=O)NC2CC2)CC1. The normalized spacial score (nSPS) is 20.8. The van der Waals surface area contributed by atoms with Crippen LogP contribution in [0.5, 0.6) is 0 Å². The van der Waals surface area contributed by atoms with E-state index >= 15 is 0 Å². The zero-order valence-electron chi connectivity index (χ0n) is 15.1. The highest BCUT2D eigenvalue weighted by Crippen LogP contribution is 2.19. The number of hydrogen-bond acceptors (Lipinski definition) is 3. The van der Waals surface area contributed by atoms with Gasteiger partial charge in [-0.1, -0.05) is 24.3 Å². The molecule has 0 spiro atoms. The Kier molecular flexibility index (Phi) is 5.90. The van der Waals surface area contributed by atoms with E-state index < -0.39 is 0 Å². The Morgan fingerprint density at radius 1 is 1.21 bits per heavy atom. The average Bonchev–Trinajstić information content (AvgIpc) is 3.40. The molecule has 1 heterocycles. The van der Waals surface area contributed by atoms with Gasteiger partial charge >= 0.3 is 0 Å². The van der Waals surface area contributed by atoms with Crippen molar-refractivity contribution in [2.24, 2.45) is 0 Å². The quantitative estimate of drug-likeness (QED) is 0.833. The maximum Gasteiger partial charge on any atom is 0.237 e. The molecule has 1 aliphatic carbocycles. The van der Waals surface area contributed by atoms with Gasteiger partial charge < -0.3 is 10.2 Å². The number of benzene rings is 1. The smallest absolute Gasteiger partial charge is 0.237 e. The lowest BCUT2D eigenvalue weighted by Crippen LogP contribution is -2.54. The van der Waals surface area contributed by atoms with Crippen LogP contribution in [0.3, 0.4) is 0 Å². The molecule has 4 nitrogen and oxygen atoms in total. The van der Waals surface area contributed by atoms with E-state index in [4.69, 9.17) is 0 Å². The molecule has 1 aromatic rings. The Morgan fingerprint density at radius 2 is 1.92 bits per heavy atom. The number of amides is 1. The first kappa shape index (κ1) is 17.4. The number of aryl methyl sites for hydroxylation is 2. The van der Waals surface area contributed by atoms with Gasteiger partial charge in [-0.05, 0) is 57.2 Å². The van der Waals surface area contributed by atoms with Gasteiger partial charge in [0.1, 0.15) is 0 Å². The van der Waals surface area contributed by atoms with Crippen LogP contribution in [0.15, 0.2) is 24.3 Å². The first-order valence-corrected chi connectivity index (χ1v) is 9.45. The van der Waals surface area contributed by atoms with Gasteiger partial charge in [0.05, 0.1) is 6.04 Å². The van der Waals surface area contributed by atoms with E-state index in [0.717, 1.165) is 52.0 Å². The van der Waals surface area contributed by atoms with Gasteiger partial charge in [0.2, 0.25) is 5.91 Å². The Morgan fingerprint density at radius 3 is 2.58 bits per heavy atom. The predicted molar refractivity (Wildman–Crippen MR) is 98.1 cm³/mol. The summed E-state index contributed by atoms with van der Waals surface area (Å²) in [7, 11) is 0. The zero-order chi connectivity index (χ0) is 16.9. The topological polar surface area (TPSA) is 35.6 Å². The van der Waals surface area contributed by atoms with Crippen molar-refractivity contribution >= 4 is 5.91 Å². The maximum atomic E-state index is 12.2. The summed E-state index contributed by atoms with van der Waals surface area (Å²) in [5.41, 5.74) is 2.87. The highest BCUT2D eigenvalue weighted by Gasteiger charge is 2.29. The van der Waals surface area contributed by atoms with Gasteiger partial charge in [-0.2, -0.15) is 0 Å². The molecule has 24 heavy (non-hydrogen) atoms. The van der Waals surface area contributed by atoms with Crippen LogP contribution in [0.2, 0.25) is 0 Å². The van der Waals surface area contributed by atoms with Crippen LogP contribution in [-0.2, 0) is 11.2 Å². The minimum atomic E-state index is 0.0136. The van der Waals surface area contributed by atoms with Crippen molar-refractivity contribution in [3.8, 4) is 0 Å². The van der Waals surface area contributed by atoms with Crippen molar-refractivity contribution in [2.45, 2.75) is 51.6 Å². The predicted octanol–water partition coefficient (Wildman–Crippen LogP) is 2.21. The number of nitrogens with zero attached hydrogens (tertiary/aromatic N) is 2. The van der Waals surface area contributed by atoms with Gasteiger partial charge in [-0.15, -0.1) is 0 Å². The summed E-state index contributed by atoms with van der Waals surface area (Å²) >= 11 is 0. The van der Waals surface area contributed by atoms with Crippen LogP contribution in [0, 0.1) is 6.92 Å². The monoisotopic (exact) mass is 329 g/mol. The van der Waals surface area contributed by atoms with Crippen LogP contribution >= 0.6 is 0 Å². The second-order valence-corrected chi connectivity index (χ2v) is 7.37. The molecule has 2 fully saturated rings. The molecule has 0 radical (unpaired) electrons. The molecule has 0 bridgehead atoms. The molecule has 1 saturated heterocycles. The second kappa shape index (κ2) is 8.13. The second-order valence-electron chi connectivity index (χ2n) is 7.37. The van der Waals surface area contributed by atoms with Crippen LogP contribution in [-0.4, -0.2) is 60.5 Å². The molecule has 1 amide bonds. The summed E-state index contributed by atoms with van der Waals surface area (Å²) < 4.78 is 0. The van der Waals surface area contributed by atoms with Crippen LogP contribution < -0.4 is 5.32 Å². The maximum absolute atomic E-state index is 12.2. The summed E-state index contributed by atoms with van der Waals surface area (Å²) in [4.78, 5) is 17.0. The molecular weight excluding hydrogens is 298 g/mol. The molecule has 1 aromatic carbocycles. The summed E-state index contributed by atoms with van der Waals surface area (Å²) in [6.45, 7) is 9.56. The van der Waals surface area contributed by atoms with Crippen molar-refractivity contribution in [1.82, 2.24) is 15.1 Å². The molecule has 4 heteroatoms. The Labute approximate surface area is 146 Å². The van der Waals surface area contributed by atoms with Gasteiger partial charge in [-0.3, -0.25) is 9.69 Å². The van der Waals surface area contributed by atoms with Gasteiger partial charge in [0.25, 0.3) is 0 Å². The number of rotatable bonds is 7. The fraction of sp³-hybridized carbons (Fsp3) is 0.650. The fourth-order valence-electron chi connectivity index (χ4n) is 3.47. The Hall–Kier alpha value is -1.39. The Balaban J connectivity index is 1.35. The largest absolute Gasteiger partial charge is 0.352 e. The number of hydrogen-bond donors (Lipinski definition) is 1. The van der Waals surface area contributed by atoms with Crippen LogP contribution in [0.1, 0.15) is 37.3 Å². The highest BCUT2D eigenvalue weighted by atomic mass is 16.2. The molecular formula is C20H31N3O. The molecule has 132 valence electrons. The first-order valence-electron chi connectivity index (χ1n) is 9.45. The lowest BCUT2D eigenvalue weighted by molar-refractivity contribution is -0.126. The molecule has 2 aliphatic rings. The van der Waals surface area contributed by atoms with Crippen molar-refractivity contribution in [3.05, 3.63) is 35.4 Å². The summed E-state index contributed by atoms with van der Waals surface area (Å²) in [6.07, 6.45) is 4.69. The van der Waals surface area contributed by atoms with Crippen molar-refractivity contribution in [1.29, 1.82) is 0 Å². The van der Waals surface area contributed by atoms with Gasteiger partial charge in [-0.25, -0.2) is 0 Å². The lowest BCUT2D eigenvalue weighted by atomic mass is 10.0. The first-order chi connectivity index (χ1) is 11.6. The van der Waals surface area contributed by atoms with Crippen LogP contribution in [0.25, 0.3) is 0 Å². The fourth-order valence-corrected chi connectivity index (χ4v) is 3.47.